The van der Waals surface area contributed by atoms with Crippen LogP contribution in [0.5, 0.6) is 0 Å². The smallest absolute Gasteiger partial charge is 0.138 e. The van der Waals surface area contributed by atoms with Crippen molar-refractivity contribution in [2.75, 3.05) is 0 Å². The molecule has 4 heteroatoms. The van der Waals surface area contributed by atoms with Crippen molar-refractivity contribution in [1.82, 2.24) is 9.97 Å². The molecule has 0 aliphatic rings. The van der Waals surface area contributed by atoms with Crippen LogP contribution in [0.15, 0.2) is 179 Å². The van der Waals surface area contributed by atoms with Gasteiger partial charge in [-0.05, 0) is 100 Å². The molecule has 50 heavy (non-hydrogen) atoms. The Bertz CT molecular complexity index is 2700. The van der Waals surface area contributed by atoms with Crippen molar-refractivity contribution in [3.05, 3.63) is 170 Å². The highest BCUT2D eigenvalue weighted by atomic mass is 16.3. The molecule has 4 heterocycles. The summed E-state index contributed by atoms with van der Waals surface area (Å²) in [5, 5.41) is 4.35. The molecule has 234 valence electrons. The molecule has 0 aliphatic heterocycles. The Balaban J connectivity index is 0.968. The zero-order chi connectivity index (χ0) is 33.0. The molecule has 0 aliphatic carbocycles. The molecule has 0 bridgehead atoms. The van der Waals surface area contributed by atoms with Crippen LogP contribution < -0.4 is 0 Å². The van der Waals surface area contributed by atoms with E-state index in [1.54, 1.807) is 6.20 Å². The number of aromatic nitrogens is 2. The van der Waals surface area contributed by atoms with Crippen LogP contribution in [-0.4, -0.2) is 9.97 Å². The van der Waals surface area contributed by atoms with E-state index in [1.807, 2.05) is 30.5 Å². The zero-order valence-corrected chi connectivity index (χ0v) is 26.9. The van der Waals surface area contributed by atoms with E-state index >= 15 is 0 Å². The van der Waals surface area contributed by atoms with E-state index in [9.17, 15) is 0 Å². The molecule has 4 aromatic heterocycles. The number of fused-ring (bicyclic) bond motifs is 6. The summed E-state index contributed by atoms with van der Waals surface area (Å²) in [6, 6.07) is 55.1. The van der Waals surface area contributed by atoms with Crippen LogP contribution in [0.4, 0.5) is 0 Å². The maximum Gasteiger partial charge on any atom is 0.138 e. The number of hydrogen-bond donors (Lipinski definition) is 0. The minimum absolute atomic E-state index is 0.851. The lowest BCUT2D eigenvalue weighted by Gasteiger charge is -2.10. The van der Waals surface area contributed by atoms with E-state index in [-0.39, 0.29) is 0 Å². The standard InChI is InChI=1S/C46H28N2O2/c1-2-16-43-37(13-1)38-26-33(17-19-44(38)49-43)32-10-5-12-36(25-32)42-15-6-14-41(48-42)35-11-4-9-31(24-35)29-7-3-8-30(23-29)34-18-20-45-39(27-34)40-28-47-22-21-46(40)50-45/h1-28H. The third-order valence-electron chi connectivity index (χ3n) is 9.58. The number of benzene rings is 6. The normalized spacial score (nSPS) is 11.6. The van der Waals surface area contributed by atoms with E-state index in [2.05, 4.69) is 138 Å². The molecule has 0 amide bonds. The highest BCUT2D eigenvalue weighted by Crippen LogP contribution is 2.36. The molecule has 0 atom stereocenters. The van der Waals surface area contributed by atoms with Gasteiger partial charge in [-0.1, -0.05) is 91.0 Å². The molecular weight excluding hydrogens is 613 g/mol. The van der Waals surface area contributed by atoms with Crippen LogP contribution in [0.2, 0.25) is 0 Å². The highest BCUT2D eigenvalue weighted by Gasteiger charge is 2.12. The van der Waals surface area contributed by atoms with Crippen LogP contribution in [-0.2, 0) is 0 Å². The summed E-state index contributed by atoms with van der Waals surface area (Å²) in [6.07, 6.45) is 3.63. The van der Waals surface area contributed by atoms with Crippen molar-refractivity contribution in [2.24, 2.45) is 0 Å². The van der Waals surface area contributed by atoms with Gasteiger partial charge in [-0.3, -0.25) is 4.98 Å². The van der Waals surface area contributed by atoms with Gasteiger partial charge in [0.15, 0.2) is 0 Å². The first-order valence-corrected chi connectivity index (χ1v) is 16.7. The van der Waals surface area contributed by atoms with Crippen molar-refractivity contribution >= 4 is 43.9 Å². The molecule has 0 spiro atoms. The maximum absolute atomic E-state index is 6.06. The topological polar surface area (TPSA) is 52.1 Å². The van der Waals surface area contributed by atoms with Crippen molar-refractivity contribution < 1.29 is 8.83 Å². The molecule has 4 nitrogen and oxygen atoms in total. The fourth-order valence-electron chi connectivity index (χ4n) is 7.06. The van der Waals surface area contributed by atoms with E-state index in [0.29, 0.717) is 0 Å². The molecule has 0 N–H and O–H groups in total. The second-order valence-corrected chi connectivity index (χ2v) is 12.6. The van der Waals surface area contributed by atoms with Gasteiger partial charge >= 0.3 is 0 Å². The third kappa shape index (κ3) is 4.85. The number of para-hydroxylation sites is 1. The maximum atomic E-state index is 6.06. The largest absolute Gasteiger partial charge is 0.456 e. The Hall–Kier alpha value is -6.78. The first-order chi connectivity index (χ1) is 24.7. The van der Waals surface area contributed by atoms with Crippen LogP contribution in [0.1, 0.15) is 0 Å². The first-order valence-electron chi connectivity index (χ1n) is 16.7. The van der Waals surface area contributed by atoms with Crippen molar-refractivity contribution in [3.63, 3.8) is 0 Å². The number of nitrogens with zero attached hydrogens (tertiary/aromatic N) is 2. The van der Waals surface area contributed by atoms with E-state index in [4.69, 9.17) is 13.8 Å². The summed E-state index contributed by atoms with van der Waals surface area (Å²) >= 11 is 0. The summed E-state index contributed by atoms with van der Waals surface area (Å²) in [5.41, 5.74) is 14.4. The average molecular weight is 641 g/mol. The predicted octanol–water partition coefficient (Wildman–Crippen LogP) is 12.6. The molecule has 0 radical (unpaired) electrons. The number of hydrogen-bond acceptors (Lipinski definition) is 4. The SMILES string of the molecule is c1cc(-c2cccc(-c3cccc(-c4cccc(-c5ccc6oc7ccccc7c6c5)c4)n3)c2)cc(-c2ccc3oc4ccncc4c3c2)c1. The van der Waals surface area contributed by atoms with Crippen LogP contribution in [0, 0.1) is 0 Å². The molecule has 0 unspecified atom stereocenters. The predicted molar refractivity (Wildman–Crippen MR) is 204 cm³/mol. The van der Waals surface area contributed by atoms with Gasteiger partial charge in [-0.25, -0.2) is 4.98 Å². The Morgan fingerprint density at radius 1 is 0.320 bits per heavy atom. The summed E-state index contributed by atoms with van der Waals surface area (Å²) in [4.78, 5) is 9.46. The van der Waals surface area contributed by atoms with Gasteiger partial charge in [0, 0.05) is 45.1 Å². The number of rotatable bonds is 5. The van der Waals surface area contributed by atoms with E-state index in [1.165, 1.54) is 0 Å². The summed E-state index contributed by atoms with van der Waals surface area (Å²) in [5.74, 6) is 0. The average Bonchev–Trinajstić information content (AvgIpc) is 3.76. The molecule has 0 fully saturated rings. The van der Waals surface area contributed by atoms with Gasteiger partial charge in [-0.15, -0.1) is 0 Å². The van der Waals surface area contributed by atoms with E-state index < -0.39 is 0 Å². The minimum atomic E-state index is 0.851. The number of pyridine rings is 2. The second kappa shape index (κ2) is 11.4. The third-order valence-corrected chi connectivity index (χ3v) is 9.58. The monoisotopic (exact) mass is 640 g/mol. The lowest BCUT2D eigenvalue weighted by atomic mass is 9.96. The van der Waals surface area contributed by atoms with E-state index in [0.717, 1.165) is 99.8 Å². The van der Waals surface area contributed by atoms with Crippen LogP contribution in [0.25, 0.3) is 99.8 Å². The summed E-state index contributed by atoms with van der Waals surface area (Å²) < 4.78 is 12.1. The number of furan rings is 2. The summed E-state index contributed by atoms with van der Waals surface area (Å²) in [7, 11) is 0. The summed E-state index contributed by atoms with van der Waals surface area (Å²) in [6.45, 7) is 0. The Kier molecular flexibility index (Phi) is 6.46. The van der Waals surface area contributed by atoms with Gasteiger partial charge in [0.05, 0.1) is 11.4 Å². The van der Waals surface area contributed by atoms with Crippen molar-refractivity contribution in [3.8, 4) is 55.9 Å². The molecule has 6 aromatic carbocycles. The fourth-order valence-corrected chi connectivity index (χ4v) is 7.06. The molecule has 10 aromatic rings. The lowest BCUT2D eigenvalue weighted by Crippen LogP contribution is -1.89. The van der Waals surface area contributed by atoms with Crippen LogP contribution >= 0.6 is 0 Å². The van der Waals surface area contributed by atoms with Gasteiger partial charge in [0.25, 0.3) is 0 Å². The first kappa shape index (κ1) is 28.3. The van der Waals surface area contributed by atoms with Crippen molar-refractivity contribution in [1.29, 1.82) is 0 Å². The molecule has 10 rings (SSSR count). The zero-order valence-electron chi connectivity index (χ0n) is 26.9. The van der Waals surface area contributed by atoms with Crippen molar-refractivity contribution in [2.45, 2.75) is 0 Å². The molecular formula is C46H28N2O2. The Morgan fingerprint density at radius 2 is 0.780 bits per heavy atom. The lowest BCUT2D eigenvalue weighted by molar-refractivity contribution is 0.668. The quantitative estimate of drug-likeness (QED) is 0.188. The van der Waals surface area contributed by atoms with Gasteiger partial charge in [-0.2, -0.15) is 0 Å². The van der Waals surface area contributed by atoms with Gasteiger partial charge < -0.3 is 8.83 Å². The molecule has 0 saturated heterocycles. The van der Waals surface area contributed by atoms with Gasteiger partial charge in [0.1, 0.15) is 22.3 Å². The minimum Gasteiger partial charge on any atom is -0.456 e. The Morgan fingerprint density at radius 3 is 1.40 bits per heavy atom. The van der Waals surface area contributed by atoms with Gasteiger partial charge in [0.2, 0.25) is 0 Å². The fraction of sp³-hybridized carbons (Fsp3) is 0. The highest BCUT2D eigenvalue weighted by molar-refractivity contribution is 6.07. The second-order valence-electron chi connectivity index (χ2n) is 12.6. The Labute approximate surface area is 287 Å². The van der Waals surface area contributed by atoms with Crippen LogP contribution in [0.3, 0.4) is 0 Å². The molecule has 0 saturated carbocycles.